The number of carbonyl (C=O) groups excluding carboxylic acids is 1. The first-order valence-corrected chi connectivity index (χ1v) is 9.47. The molecule has 3 rings (SSSR count). The summed E-state index contributed by atoms with van der Waals surface area (Å²) >= 11 is 1.49. The van der Waals surface area contributed by atoms with E-state index < -0.39 is 0 Å². The van der Waals surface area contributed by atoms with Gasteiger partial charge in [0.05, 0.1) is 0 Å². The van der Waals surface area contributed by atoms with Crippen LogP contribution in [-0.4, -0.2) is 16.6 Å². The van der Waals surface area contributed by atoms with Crippen molar-refractivity contribution in [2.75, 3.05) is 0 Å². The highest BCUT2D eigenvalue weighted by atomic mass is 32.1. The quantitative estimate of drug-likeness (QED) is 0.822. The first-order chi connectivity index (χ1) is 11.7. The average molecular weight is 341 g/mol. The maximum Gasteiger partial charge on any atom is 0.290 e. The van der Waals surface area contributed by atoms with E-state index in [1.807, 2.05) is 0 Å². The van der Waals surface area contributed by atoms with Crippen molar-refractivity contribution >= 4 is 23.0 Å². The summed E-state index contributed by atoms with van der Waals surface area (Å²) in [5.41, 5.74) is 6.55. The summed E-state index contributed by atoms with van der Waals surface area (Å²) in [7, 11) is 0. The zero-order chi connectivity index (χ0) is 16.9. The van der Waals surface area contributed by atoms with Crippen LogP contribution in [0.25, 0.3) is 10.6 Å². The van der Waals surface area contributed by atoms with Crippen molar-refractivity contribution in [3.63, 3.8) is 0 Å². The summed E-state index contributed by atoms with van der Waals surface area (Å²) in [5, 5.41) is 6.98. The van der Waals surface area contributed by atoms with E-state index in [2.05, 4.69) is 53.6 Å². The monoisotopic (exact) mass is 341 g/mol. The smallest absolute Gasteiger partial charge is 0.266 e. The standard InChI is InChI=1S/C19H23N3OS/c1-3-14-8-10-15(11-9-14)19-20-17(12-24-19)18(23)22-21-16-7-5-4-6-13(16)2/h8-13H,3-7H2,1-2H3,(H,22,23)/b21-16-/t13-/m0/s1. The molecule has 1 heterocycles. The van der Waals surface area contributed by atoms with Gasteiger partial charge in [0, 0.05) is 16.7 Å². The number of aryl methyl sites for hydroxylation is 1. The summed E-state index contributed by atoms with van der Waals surface area (Å²) in [6, 6.07) is 8.33. The second-order valence-corrected chi connectivity index (χ2v) is 7.14. The summed E-state index contributed by atoms with van der Waals surface area (Å²) in [6.07, 6.45) is 5.56. The third-order valence-electron chi connectivity index (χ3n) is 4.54. The molecule has 1 N–H and O–H groups in total. The number of aromatic nitrogens is 1. The lowest BCUT2D eigenvalue weighted by molar-refractivity contribution is 0.0950. The second-order valence-electron chi connectivity index (χ2n) is 6.28. The number of nitrogens with one attached hydrogen (secondary N) is 1. The molecule has 0 radical (unpaired) electrons. The van der Waals surface area contributed by atoms with E-state index in [0.29, 0.717) is 11.6 Å². The van der Waals surface area contributed by atoms with Gasteiger partial charge in [0.1, 0.15) is 10.7 Å². The van der Waals surface area contributed by atoms with Crippen LogP contribution in [0.5, 0.6) is 0 Å². The van der Waals surface area contributed by atoms with E-state index in [4.69, 9.17) is 0 Å². The van der Waals surface area contributed by atoms with Gasteiger partial charge in [-0.3, -0.25) is 4.79 Å². The van der Waals surface area contributed by atoms with E-state index in [9.17, 15) is 4.79 Å². The first kappa shape index (κ1) is 16.8. The van der Waals surface area contributed by atoms with Crippen LogP contribution >= 0.6 is 11.3 Å². The Labute approximate surface area is 147 Å². The highest BCUT2D eigenvalue weighted by Gasteiger charge is 2.17. The summed E-state index contributed by atoms with van der Waals surface area (Å²) < 4.78 is 0. The van der Waals surface area contributed by atoms with Crippen LogP contribution in [-0.2, 0) is 6.42 Å². The highest BCUT2D eigenvalue weighted by Crippen LogP contribution is 2.24. The number of rotatable bonds is 4. The minimum Gasteiger partial charge on any atom is -0.266 e. The molecular weight excluding hydrogens is 318 g/mol. The van der Waals surface area contributed by atoms with E-state index in [1.165, 1.54) is 23.3 Å². The minimum absolute atomic E-state index is 0.229. The van der Waals surface area contributed by atoms with Gasteiger partial charge in [0.25, 0.3) is 5.91 Å². The molecule has 0 aliphatic heterocycles. The molecule has 1 amide bonds. The van der Waals surface area contributed by atoms with Crippen LogP contribution in [0.15, 0.2) is 34.7 Å². The Morgan fingerprint density at radius 2 is 2.12 bits per heavy atom. The Morgan fingerprint density at radius 3 is 2.83 bits per heavy atom. The zero-order valence-corrected chi connectivity index (χ0v) is 15.0. The van der Waals surface area contributed by atoms with Crippen molar-refractivity contribution in [1.29, 1.82) is 0 Å². The topological polar surface area (TPSA) is 54.4 Å². The van der Waals surface area contributed by atoms with Crippen LogP contribution in [0.2, 0.25) is 0 Å². The molecule has 2 aromatic rings. The van der Waals surface area contributed by atoms with Crippen LogP contribution in [0, 0.1) is 5.92 Å². The van der Waals surface area contributed by atoms with Crippen LogP contribution < -0.4 is 5.43 Å². The van der Waals surface area contributed by atoms with Gasteiger partial charge in [-0.2, -0.15) is 5.10 Å². The molecule has 126 valence electrons. The number of amides is 1. The third kappa shape index (κ3) is 3.90. The van der Waals surface area contributed by atoms with Crippen molar-refractivity contribution in [2.45, 2.75) is 46.0 Å². The maximum absolute atomic E-state index is 12.3. The van der Waals surface area contributed by atoms with Crippen molar-refractivity contribution in [3.8, 4) is 10.6 Å². The fourth-order valence-electron chi connectivity index (χ4n) is 2.91. The van der Waals surface area contributed by atoms with E-state index >= 15 is 0 Å². The third-order valence-corrected chi connectivity index (χ3v) is 5.43. The number of benzene rings is 1. The molecule has 0 unspecified atom stereocenters. The molecule has 1 aliphatic rings. The Kier molecular flexibility index (Phi) is 5.41. The van der Waals surface area contributed by atoms with Crippen LogP contribution in [0.3, 0.4) is 0 Å². The normalized spacial score (nSPS) is 19.4. The number of hydrazone groups is 1. The van der Waals surface area contributed by atoms with Crippen molar-refractivity contribution < 1.29 is 4.79 Å². The van der Waals surface area contributed by atoms with E-state index in [0.717, 1.165) is 42.0 Å². The highest BCUT2D eigenvalue weighted by molar-refractivity contribution is 7.13. The van der Waals surface area contributed by atoms with Gasteiger partial charge in [-0.25, -0.2) is 10.4 Å². The Morgan fingerprint density at radius 1 is 1.33 bits per heavy atom. The zero-order valence-electron chi connectivity index (χ0n) is 14.2. The van der Waals surface area contributed by atoms with Gasteiger partial charge in [0.15, 0.2) is 0 Å². The number of thiazole rings is 1. The van der Waals surface area contributed by atoms with Crippen LogP contribution in [0.1, 0.15) is 55.6 Å². The molecule has 1 aromatic carbocycles. The molecule has 1 aromatic heterocycles. The largest absolute Gasteiger partial charge is 0.290 e. The second kappa shape index (κ2) is 7.71. The molecule has 1 atom stereocenters. The van der Waals surface area contributed by atoms with Crippen molar-refractivity contribution in [1.82, 2.24) is 10.4 Å². The maximum atomic E-state index is 12.3. The fraction of sp³-hybridized carbons (Fsp3) is 0.421. The van der Waals surface area contributed by atoms with Gasteiger partial charge < -0.3 is 0 Å². The predicted molar refractivity (Wildman–Crippen MR) is 99.5 cm³/mol. The lowest BCUT2D eigenvalue weighted by atomic mass is 9.89. The van der Waals surface area contributed by atoms with Crippen LogP contribution in [0.4, 0.5) is 0 Å². The fourth-order valence-corrected chi connectivity index (χ4v) is 3.72. The van der Waals surface area contributed by atoms with Gasteiger partial charge in [-0.05, 0) is 37.2 Å². The average Bonchev–Trinajstić information content (AvgIpc) is 3.11. The first-order valence-electron chi connectivity index (χ1n) is 8.59. The molecule has 0 spiro atoms. The molecule has 24 heavy (non-hydrogen) atoms. The van der Waals surface area contributed by atoms with E-state index in [-0.39, 0.29) is 5.91 Å². The molecule has 0 bridgehead atoms. The molecule has 1 fully saturated rings. The lowest BCUT2D eigenvalue weighted by Crippen LogP contribution is -2.24. The molecule has 4 nitrogen and oxygen atoms in total. The van der Waals surface area contributed by atoms with Gasteiger partial charge in [-0.1, -0.05) is 44.5 Å². The lowest BCUT2D eigenvalue weighted by Gasteiger charge is -2.19. The SMILES string of the molecule is CCc1ccc(-c2nc(C(=O)N/N=C3/CCCC[C@@H]3C)cs2)cc1. The van der Waals surface area contributed by atoms with Gasteiger partial charge >= 0.3 is 0 Å². The summed E-state index contributed by atoms with van der Waals surface area (Å²) in [4.78, 5) is 16.7. The molecule has 5 heteroatoms. The molecule has 1 aliphatic carbocycles. The summed E-state index contributed by atoms with van der Waals surface area (Å²) in [5.74, 6) is 0.232. The number of hydrogen-bond acceptors (Lipinski definition) is 4. The molecule has 1 saturated carbocycles. The van der Waals surface area contributed by atoms with Gasteiger partial charge in [-0.15, -0.1) is 11.3 Å². The van der Waals surface area contributed by atoms with E-state index in [1.54, 1.807) is 5.38 Å². The Balaban J connectivity index is 1.68. The Bertz CT molecular complexity index is 733. The minimum atomic E-state index is -0.229. The van der Waals surface area contributed by atoms with Gasteiger partial charge in [0.2, 0.25) is 0 Å². The number of nitrogens with zero attached hydrogens (tertiary/aromatic N) is 2. The summed E-state index contributed by atoms with van der Waals surface area (Å²) in [6.45, 7) is 4.31. The van der Waals surface area contributed by atoms with Crippen molar-refractivity contribution in [3.05, 3.63) is 40.9 Å². The number of hydrogen-bond donors (Lipinski definition) is 1. The van der Waals surface area contributed by atoms with Crippen molar-refractivity contribution in [2.24, 2.45) is 11.0 Å². The Hall–Kier alpha value is -2.01. The number of carbonyl (C=O) groups is 1. The predicted octanol–water partition coefficient (Wildman–Crippen LogP) is 4.67. The molecular formula is C19H23N3OS. The molecule has 0 saturated heterocycles.